The second kappa shape index (κ2) is 26.9. The molecule has 0 aliphatic carbocycles. The van der Waals surface area contributed by atoms with Crippen molar-refractivity contribution in [2.45, 2.75) is 171 Å². The maximum absolute atomic E-state index is 11.3. The number of aryl methyl sites for hydroxylation is 8. The average Bonchev–Trinajstić information content (AvgIpc) is 1.51. The lowest BCUT2D eigenvalue weighted by molar-refractivity contribution is -0.834. The summed E-state index contributed by atoms with van der Waals surface area (Å²) < 4.78 is 34.1. The summed E-state index contributed by atoms with van der Waals surface area (Å²) in [6.45, 7) is 7.16. The molecule has 2 aromatic heterocycles. The van der Waals surface area contributed by atoms with Crippen LogP contribution in [-0.4, -0.2) is 155 Å². The first-order chi connectivity index (χ1) is 49.9. The molecule has 103 heavy (non-hydrogen) atoms. The van der Waals surface area contributed by atoms with Crippen LogP contribution in [0.5, 0.6) is 11.5 Å². The Morgan fingerprint density at radius 1 is 0.388 bits per heavy atom. The highest BCUT2D eigenvalue weighted by molar-refractivity contribution is 6.29. The van der Waals surface area contributed by atoms with Gasteiger partial charge in [-0.2, -0.15) is 9.13 Å². The Kier molecular flexibility index (Phi) is 17.9. The van der Waals surface area contributed by atoms with Crippen LogP contribution in [0.15, 0.2) is 193 Å². The first kappa shape index (κ1) is 68.5. The van der Waals surface area contributed by atoms with Crippen molar-refractivity contribution in [2.75, 3.05) is 13.2 Å². The number of allylic oxidation sites excluding steroid dienone is 4. The number of aliphatic hydroxyl groups is 10. The molecule has 0 radical (unpaired) electrons. The predicted octanol–water partition coefficient (Wildman–Crippen LogP) is 6.80. The highest BCUT2D eigenvalue weighted by Crippen LogP contribution is 2.54. The van der Waals surface area contributed by atoms with E-state index in [4.69, 9.17) is 18.9 Å². The van der Waals surface area contributed by atoms with Crippen molar-refractivity contribution in [3.63, 3.8) is 0 Å². The molecule has 10 N–H and O–H groups in total. The van der Waals surface area contributed by atoms with Crippen LogP contribution in [0, 0.1) is 0 Å². The van der Waals surface area contributed by atoms with Crippen LogP contribution in [0.3, 0.4) is 0 Å². The van der Waals surface area contributed by atoms with E-state index in [0.29, 0.717) is 0 Å². The highest BCUT2D eigenvalue weighted by Gasteiger charge is 2.73. The fourth-order valence-corrected chi connectivity index (χ4v) is 17.1. The van der Waals surface area contributed by atoms with Crippen molar-refractivity contribution in [3.8, 4) is 11.5 Å². The molecular formula is C85H88N4O14+2. The standard InChI is InChI=1S/C85H88N4O14/c1-5-13-51-37-52(14-6-2)40-55(39-51)27-25-49-17-9-19-57(43-49)73-63-29-33-67-75(59-21-11-23-61(45-59)100-81-77(92)79(94)83(96,97)71(47-90)102-81)69-35-31-65-74(58-20-10-18-50(44-58)26-28-56-41-53(15-7-3)38-54(42-56)16-8-4)66-32-36-70-76(68-34-30-64(73)87(68)85(86(63)67,88(65)69)89(66)70)60-22-12-24-62(46-60)101-82-78(93)80(95)84(98,99)72(48-91)103-82/h9-12,17-24,29-46,71-72,77-82,90-99H,5-8,13-16,25-28,47-48H2,1-4H3/q+2. The molecule has 8 aliphatic heterocycles. The van der Waals surface area contributed by atoms with Crippen LogP contribution in [0.4, 0.5) is 0 Å². The van der Waals surface area contributed by atoms with Gasteiger partial charge in [0.15, 0.2) is 0 Å². The van der Waals surface area contributed by atoms with Gasteiger partial charge in [0.2, 0.25) is 47.0 Å². The van der Waals surface area contributed by atoms with E-state index >= 15 is 0 Å². The monoisotopic (exact) mass is 1390 g/mol. The Hall–Kier alpha value is -8.96. The molecule has 530 valence electrons. The van der Waals surface area contributed by atoms with Gasteiger partial charge in [0.1, 0.15) is 48.1 Å². The minimum atomic E-state index is -2.96. The zero-order valence-electron chi connectivity index (χ0n) is 58.2. The zero-order valence-corrected chi connectivity index (χ0v) is 58.2. The molecular weight excluding hydrogens is 1300 g/mol. The molecule has 0 bridgehead atoms. The van der Waals surface area contributed by atoms with Crippen molar-refractivity contribution in [2.24, 2.45) is 0 Å². The molecule has 1 spiro atoms. The largest absolute Gasteiger partial charge is 0.553 e. The van der Waals surface area contributed by atoms with Crippen molar-refractivity contribution in [1.82, 2.24) is 9.13 Å². The number of hydrogen-bond acceptors (Lipinski definition) is 14. The third-order valence-electron chi connectivity index (χ3n) is 21.7. The van der Waals surface area contributed by atoms with Crippen LogP contribution in [0.25, 0.3) is 22.3 Å². The minimum absolute atomic E-state index is 0.236. The summed E-state index contributed by atoms with van der Waals surface area (Å²) in [7, 11) is 0. The molecule has 2 saturated heterocycles. The Labute approximate surface area is 597 Å². The molecule has 9 unspecified atom stereocenters. The van der Waals surface area contributed by atoms with E-state index < -0.39 is 79.9 Å². The van der Waals surface area contributed by atoms with Gasteiger partial charge in [-0.1, -0.05) is 172 Å². The maximum Gasteiger partial charge on any atom is 0.553 e. The molecule has 8 aliphatic rings. The molecule has 10 heterocycles. The molecule has 0 saturated carbocycles. The van der Waals surface area contributed by atoms with E-state index in [1.807, 2.05) is 36.4 Å². The zero-order chi connectivity index (χ0) is 71.4. The molecule has 2 fully saturated rings. The molecule has 9 atom stereocenters. The van der Waals surface area contributed by atoms with Crippen LogP contribution in [-0.2, 0) is 66.8 Å². The normalized spacial score (nSPS) is 24.4. The molecule has 16 rings (SSSR count). The number of aliphatic hydroxyl groups excluding tert-OH is 6. The van der Waals surface area contributed by atoms with E-state index in [2.05, 4.69) is 179 Å². The van der Waals surface area contributed by atoms with Gasteiger partial charge in [-0.25, -0.2) is 0 Å². The van der Waals surface area contributed by atoms with E-state index in [1.54, 1.807) is 12.1 Å². The minimum Gasteiger partial charge on any atom is -0.462 e. The number of nitrogens with zero attached hydrogens (tertiary/aromatic N) is 4. The SMILES string of the molecule is CCCc1cc(CCC)cc(CCc2cccc(C3=C4C=CC5=[N+]4C46n7c(ccc73)C(c3cccc(OC7OC(CO)C(O)(O)C(O)C7O)c3)=C3C=CC(=[N+]34)C(c3cccc(CCc4cc(CCC)cc(CCC)c4)c3)=c3ccc(n36)=C5c3cccc(OC4OC(CO)C(O)(O)C(O)C4O)c3)c2)c1. The van der Waals surface area contributed by atoms with E-state index in [9.17, 15) is 51.1 Å². The molecule has 18 nitrogen and oxygen atoms in total. The first-order valence-electron chi connectivity index (χ1n) is 36.4. The summed E-state index contributed by atoms with van der Waals surface area (Å²) in [6.07, 6.45) is 5.81. The fraction of sp³-hybridized carbons (Fsp3) is 0.341. The van der Waals surface area contributed by atoms with Crippen molar-refractivity contribution in [1.29, 1.82) is 0 Å². The van der Waals surface area contributed by atoms with Gasteiger partial charge < -0.3 is 70.0 Å². The summed E-state index contributed by atoms with van der Waals surface area (Å²) >= 11 is 0. The summed E-state index contributed by atoms with van der Waals surface area (Å²) in [5, 5.41) is 110. The number of benzene rings is 6. The third kappa shape index (κ3) is 11.3. The number of aromatic nitrogens is 2. The number of hydrogen-bond donors (Lipinski definition) is 10. The second-order valence-corrected chi connectivity index (χ2v) is 28.7. The van der Waals surface area contributed by atoms with Crippen LogP contribution >= 0.6 is 0 Å². The maximum atomic E-state index is 11.3. The van der Waals surface area contributed by atoms with Crippen LogP contribution in [0.1, 0.15) is 132 Å². The van der Waals surface area contributed by atoms with Gasteiger partial charge in [0.05, 0.1) is 57.6 Å². The summed E-state index contributed by atoms with van der Waals surface area (Å²) in [5.41, 5.74) is 23.1. The fourth-order valence-electron chi connectivity index (χ4n) is 17.1. The average molecular weight is 1390 g/mol. The van der Waals surface area contributed by atoms with Crippen molar-refractivity contribution >= 4 is 33.7 Å². The van der Waals surface area contributed by atoms with E-state index in [0.717, 1.165) is 166 Å². The molecule has 8 aromatic rings. The van der Waals surface area contributed by atoms with Gasteiger partial charge in [-0.3, -0.25) is 0 Å². The Balaban J connectivity index is 0.911. The van der Waals surface area contributed by atoms with Gasteiger partial charge in [-0.05, 0) is 167 Å². The Morgan fingerprint density at radius 3 is 1.13 bits per heavy atom. The van der Waals surface area contributed by atoms with Crippen LogP contribution in [0.2, 0.25) is 0 Å². The van der Waals surface area contributed by atoms with Gasteiger partial charge >= 0.3 is 5.91 Å². The highest BCUT2D eigenvalue weighted by atomic mass is 16.7. The van der Waals surface area contributed by atoms with Crippen LogP contribution < -0.4 is 20.2 Å². The third-order valence-corrected chi connectivity index (χ3v) is 21.7. The van der Waals surface area contributed by atoms with E-state index in [1.165, 1.54) is 44.5 Å². The summed E-state index contributed by atoms with van der Waals surface area (Å²) in [5.74, 6) is -6.71. The lowest BCUT2D eigenvalue weighted by Gasteiger charge is -2.44. The summed E-state index contributed by atoms with van der Waals surface area (Å²) in [6, 6.07) is 55.6. The Bertz CT molecular complexity index is 5010. The lowest BCUT2D eigenvalue weighted by Crippen LogP contribution is -2.71. The van der Waals surface area contributed by atoms with Gasteiger partial charge in [-0.15, -0.1) is 0 Å². The molecule has 6 aromatic carbocycles. The first-order valence-corrected chi connectivity index (χ1v) is 36.4. The second-order valence-electron chi connectivity index (χ2n) is 28.7. The Morgan fingerprint density at radius 2 is 0.738 bits per heavy atom. The molecule has 0 amide bonds. The predicted molar refractivity (Wildman–Crippen MR) is 388 cm³/mol. The number of ether oxygens (including phenoxy) is 4. The van der Waals surface area contributed by atoms with Crippen molar-refractivity contribution < 1.29 is 79.2 Å². The van der Waals surface area contributed by atoms with Gasteiger partial charge in [0.25, 0.3) is 0 Å². The topological polar surface area (TPSA) is 255 Å². The lowest BCUT2D eigenvalue weighted by atomic mass is 9.91. The smallest absolute Gasteiger partial charge is 0.462 e. The summed E-state index contributed by atoms with van der Waals surface area (Å²) in [4.78, 5) is 0. The van der Waals surface area contributed by atoms with Gasteiger partial charge in [0, 0.05) is 24.3 Å². The quantitative estimate of drug-likeness (QED) is 0.0221. The number of rotatable bonds is 24. The van der Waals surface area contributed by atoms with Crippen molar-refractivity contribution in [3.05, 3.63) is 282 Å². The molecule has 18 heteroatoms. The van der Waals surface area contributed by atoms with E-state index in [-0.39, 0.29) is 11.5 Å².